The number of cyclic esters (lactones) is 1. The van der Waals surface area contributed by atoms with Gasteiger partial charge in [-0.1, -0.05) is 27.7 Å². The maximum absolute atomic E-state index is 14.2. The molecule has 4 saturated heterocycles. The highest BCUT2D eigenvalue weighted by Gasteiger charge is 2.58. The molecule has 3 N–H and O–H groups in total. The van der Waals surface area contributed by atoms with Gasteiger partial charge >= 0.3 is 5.97 Å². The maximum atomic E-state index is 14.2. The quantitative estimate of drug-likeness (QED) is 0.330. The molecule has 0 aromatic heterocycles. The lowest BCUT2D eigenvalue weighted by atomic mass is 9.75. The average molecular weight is 716 g/mol. The van der Waals surface area contributed by atoms with Gasteiger partial charge in [0.05, 0.1) is 47.6 Å². The number of hydrogen-bond acceptors (Lipinski definition) is 13. The van der Waals surface area contributed by atoms with E-state index in [9.17, 15) is 24.9 Å². The van der Waals surface area contributed by atoms with E-state index in [-0.39, 0.29) is 36.7 Å². The molecule has 4 rings (SSSR count). The highest BCUT2D eigenvalue weighted by Crippen LogP contribution is 2.45. The third-order valence-corrected chi connectivity index (χ3v) is 12.1. The van der Waals surface area contributed by atoms with E-state index in [1.807, 2.05) is 53.6 Å². The van der Waals surface area contributed by atoms with E-state index in [4.69, 9.17) is 33.2 Å². The third-order valence-electron chi connectivity index (χ3n) is 12.1. The van der Waals surface area contributed by atoms with E-state index in [1.54, 1.807) is 34.6 Å². The monoisotopic (exact) mass is 715 g/mol. The Morgan fingerprint density at radius 1 is 0.940 bits per heavy atom. The molecule has 290 valence electrons. The van der Waals surface area contributed by atoms with Gasteiger partial charge in [-0.15, -0.1) is 0 Å². The molecule has 2 bridgehead atoms. The average Bonchev–Trinajstić information content (AvgIpc) is 3.28. The van der Waals surface area contributed by atoms with Gasteiger partial charge in [0, 0.05) is 31.4 Å². The van der Waals surface area contributed by atoms with Crippen LogP contribution >= 0.6 is 0 Å². The summed E-state index contributed by atoms with van der Waals surface area (Å²) in [7, 11) is 5.29. The summed E-state index contributed by atoms with van der Waals surface area (Å²) < 4.78 is 44.1. The fraction of sp³-hybridized carbons (Fsp3) is 0.946. The molecule has 0 radical (unpaired) electrons. The number of likely N-dealkylation sites (N-methyl/N-ethyl adjacent to an activating group) is 1. The van der Waals surface area contributed by atoms with E-state index < -0.39 is 95.8 Å². The second kappa shape index (κ2) is 15.6. The van der Waals surface area contributed by atoms with E-state index >= 15 is 0 Å². The summed E-state index contributed by atoms with van der Waals surface area (Å²) in [4.78, 5) is 29.9. The Bertz CT molecular complexity index is 1190. The number of Topliss-reactive ketones (excluding diaryl/α,β-unsaturated/α-hetero) is 1. The van der Waals surface area contributed by atoms with Crippen molar-refractivity contribution in [2.45, 2.75) is 179 Å². The Labute approximate surface area is 298 Å². The maximum Gasteiger partial charge on any atom is 0.311 e. The van der Waals surface area contributed by atoms with Crippen molar-refractivity contribution in [3.05, 3.63) is 0 Å². The number of carbonyl (C=O) groups excluding carboxylic acids is 2. The zero-order valence-corrected chi connectivity index (χ0v) is 32.5. The molecule has 2 unspecified atom stereocenters. The van der Waals surface area contributed by atoms with Gasteiger partial charge in [-0.05, 0) is 80.8 Å². The van der Waals surface area contributed by atoms with Crippen LogP contribution in [0.25, 0.3) is 0 Å². The summed E-state index contributed by atoms with van der Waals surface area (Å²) in [5.74, 6) is -3.25. The summed E-state index contributed by atoms with van der Waals surface area (Å²) in [6.07, 6.45) is -7.07. The second-order valence-corrected chi connectivity index (χ2v) is 16.5. The van der Waals surface area contributed by atoms with Crippen molar-refractivity contribution < 1.29 is 58.1 Å². The molecule has 4 fully saturated rings. The summed E-state index contributed by atoms with van der Waals surface area (Å²) in [5, 5.41) is 34.9. The Kier molecular flexibility index (Phi) is 13.0. The Hall–Kier alpha value is -1.26. The van der Waals surface area contributed by atoms with Crippen LogP contribution in [0.2, 0.25) is 0 Å². The smallest absolute Gasteiger partial charge is 0.311 e. The van der Waals surface area contributed by atoms with E-state index in [0.29, 0.717) is 12.8 Å². The molecule has 0 amide bonds. The zero-order valence-electron chi connectivity index (χ0n) is 32.5. The molecule has 18 atom stereocenters. The largest absolute Gasteiger partial charge is 0.459 e. The van der Waals surface area contributed by atoms with Crippen LogP contribution in [-0.2, 0) is 42.7 Å². The lowest BCUT2D eigenvalue weighted by Crippen LogP contribution is -2.60. The molecule has 0 aromatic rings. The number of hydrogen-bond donors (Lipinski definition) is 3. The fourth-order valence-corrected chi connectivity index (χ4v) is 9.01. The van der Waals surface area contributed by atoms with Gasteiger partial charge in [0.1, 0.15) is 18.3 Å². The standard InChI is InChI=1S/C37H65NO12/c1-14-25-37(10)30(40)20(4)28(50-37)18(2)16-35(8,43)32(49-34-27(39)24(38(11)12)15-19(3)45-34)21(5)29(22(6)33(42)47-25)48-26-17-36(9,44-13)31(41)23(7)46-26/h18-29,31-32,34,39,41,43H,14-17H2,1-13H3/t18-,19-,20+,21+,22?,23+,24+,25-,26+,27-,28+,29?,31+,32-,34+,35-,36-,37-/m1/s1. The van der Waals surface area contributed by atoms with Crippen molar-refractivity contribution in [1.29, 1.82) is 0 Å². The first-order valence-electron chi connectivity index (χ1n) is 18.5. The van der Waals surface area contributed by atoms with Crippen LogP contribution in [0.5, 0.6) is 0 Å². The van der Waals surface area contributed by atoms with Gasteiger partial charge in [0.15, 0.2) is 24.0 Å². The molecule has 13 nitrogen and oxygen atoms in total. The zero-order chi connectivity index (χ0) is 37.7. The van der Waals surface area contributed by atoms with Crippen LogP contribution in [0.15, 0.2) is 0 Å². The van der Waals surface area contributed by atoms with Crippen molar-refractivity contribution in [1.82, 2.24) is 4.90 Å². The topological polar surface area (TPSA) is 163 Å². The normalized spacial score (nSPS) is 51.1. The Morgan fingerprint density at radius 3 is 2.16 bits per heavy atom. The molecule has 4 heterocycles. The number of methoxy groups -OCH3 is 1. The van der Waals surface area contributed by atoms with Gasteiger partial charge in [-0.25, -0.2) is 0 Å². The highest BCUT2D eigenvalue weighted by atomic mass is 16.7. The minimum absolute atomic E-state index is 0.156. The predicted molar refractivity (Wildman–Crippen MR) is 183 cm³/mol. The summed E-state index contributed by atoms with van der Waals surface area (Å²) >= 11 is 0. The van der Waals surface area contributed by atoms with E-state index in [0.717, 1.165) is 0 Å². The van der Waals surface area contributed by atoms with Gasteiger partial charge < -0.3 is 53.4 Å². The van der Waals surface area contributed by atoms with Crippen molar-refractivity contribution >= 4 is 11.8 Å². The first kappa shape index (κ1) is 41.5. The van der Waals surface area contributed by atoms with Crippen LogP contribution < -0.4 is 0 Å². The van der Waals surface area contributed by atoms with Gasteiger partial charge in [0.25, 0.3) is 0 Å². The molecule has 0 aromatic carbocycles. The SMILES string of the molecule is CC[C@H]1OC(=O)C(C)C(O[C@H]2C[C@@](C)(OC)[C@@H](O)[C@H](C)O2)[C@H](C)[C@@H](O[C@@H]2O[C@H](C)C[C@H](N(C)C)[C@H]2O)[C@](C)(O)C[C@@H](C)[C@@H]2O[C@@]1(C)C(=O)[C@H]2C. The van der Waals surface area contributed by atoms with Gasteiger partial charge in [0.2, 0.25) is 0 Å². The van der Waals surface area contributed by atoms with Crippen molar-refractivity contribution in [3.8, 4) is 0 Å². The number of aliphatic hydroxyl groups excluding tert-OH is 2. The lowest BCUT2D eigenvalue weighted by Gasteiger charge is -2.48. The summed E-state index contributed by atoms with van der Waals surface area (Å²) in [5.41, 5.74) is -3.97. The van der Waals surface area contributed by atoms with Crippen LogP contribution in [0.3, 0.4) is 0 Å². The molecule has 0 spiro atoms. The van der Waals surface area contributed by atoms with Crippen molar-refractivity contribution in [2.75, 3.05) is 21.2 Å². The summed E-state index contributed by atoms with van der Waals surface area (Å²) in [6, 6.07) is -0.267. The van der Waals surface area contributed by atoms with E-state index in [1.165, 1.54) is 7.11 Å². The minimum Gasteiger partial charge on any atom is -0.459 e. The molecule has 13 heteroatoms. The number of esters is 1. The number of ether oxygens (including phenoxy) is 7. The molecule has 50 heavy (non-hydrogen) atoms. The first-order chi connectivity index (χ1) is 23.1. The van der Waals surface area contributed by atoms with E-state index in [2.05, 4.69) is 0 Å². The molecule has 4 aliphatic heterocycles. The number of nitrogens with zero attached hydrogens (tertiary/aromatic N) is 1. The number of aliphatic hydroxyl groups is 3. The molecular weight excluding hydrogens is 650 g/mol. The summed E-state index contributed by atoms with van der Waals surface area (Å²) in [6.45, 7) is 17.9. The van der Waals surface area contributed by atoms with Crippen molar-refractivity contribution in [2.24, 2.45) is 23.7 Å². The number of carbonyl (C=O) groups is 2. The van der Waals surface area contributed by atoms with Crippen LogP contribution in [0.1, 0.15) is 94.9 Å². The number of rotatable bonds is 7. The number of fused-ring (bicyclic) bond motifs is 2. The first-order valence-corrected chi connectivity index (χ1v) is 18.5. The highest BCUT2D eigenvalue weighted by molar-refractivity contribution is 5.92. The Morgan fingerprint density at radius 2 is 1.58 bits per heavy atom. The lowest BCUT2D eigenvalue weighted by molar-refractivity contribution is -0.318. The molecule has 0 saturated carbocycles. The van der Waals surface area contributed by atoms with Crippen LogP contribution in [0.4, 0.5) is 0 Å². The van der Waals surface area contributed by atoms with Crippen molar-refractivity contribution in [3.63, 3.8) is 0 Å². The minimum atomic E-state index is -1.59. The van der Waals surface area contributed by atoms with Crippen LogP contribution in [0, 0.1) is 23.7 Å². The van der Waals surface area contributed by atoms with Gasteiger partial charge in [-0.2, -0.15) is 0 Å². The Balaban J connectivity index is 1.82. The second-order valence-electron chi connectivity index (χ2n) is 16.5. The fourth-order valence-electron chi connectivity index (χ4n) is 9.01. The van der Waals surface area contributed by atoms with Gasteiger partial charge in [-0.3, -0.25) is 9.59 Å². The predicted octanol–water partition coefficient (Wildman–Crippen LogP) is 2.83. The third kappa shape index (κ3) is 7.97. The number of ketones is 1. The molecule has 4 aliphatic rings. The van der Waals surface area contributed by atoms with Crippen LogP contribution in [-0.4, -0.2) is 137 Å². The molecular formula is C37H65NO12. The molecule has 0 aliphatic carbocycles.